The van der Waals surface area contributed by atoms with Crippen molar-refractivity contribution in [3.05, 3.63) is 42.5 Å². The Morgan fingerprint density at radius 2 is 2.26 bits per heavy atom. The van der Waals surface area contributed by atoms with Gasteiger partial charge in [0, 0.05) is 37.8 Å². The topological polar surface area (TPSA) is 64.7 Å². The lowest BCUT2D eigenvalue weighted by Crippen LogP contribution is -2.15. The van der Waals surface area contributed by atoms with Crippen LogP contribution in [0, 0.1) is 0 Å². The zero-order valence-corrected chi connectivity index (χ0v) is 12.4. The van der Waals surface area contributed by atoms with Gasteiger partial charge >= 0.3 is 0 Å². The molecule has 0 fully saturated rings. The average Bonchev–Trinajstić information content (AvgIpc) is 3.08. The monoisotopic (exact) mass is 319 g/mol. The second-order valence-corrected chi connectivity index (χ2v) is 5.14. The molecule has 3 heterocycles. The normalized spacial score (nSPS) is 11.3. The number of nitrogens with zero attached hydrogens (tertiary/aromatic N) is 4. The molecule has 0 atom stereocenters. The van der Waals surface area contributed by atoms with Crippen molar-refractivity contribution >= 4 is 22.6 Å². The van der Waals surface area contributed by atoms with Gasteiger partial charge in [0.2, 0.25) is 5.91 Å². The van der Waals surface area contributed by atoms with Crippen molar-refractivity contribution in [1.82, 2.24) is 19.3 Å². The van der Waals surface area contributed by atoms with Crippen LogP contribution in [0.2, 0.25) is 0 Å². The summed E-state index contributed by atoms with van der Waals surface area (Å²) in [5.41, 5.74) is 0.895. The van der Waals surface area contributed by atoms with E-state index < -0.39 is 6.43 Å². The largest absolute Gasteiger partial charge is 0.324 e. The Balaban J connectivity index is 1.75. The number of hydrogen-bond acceptors (Lipinski definition) is 3. The summed E-state index contributed by atoms with van der Waals surface area (Å²) in [5, 5.41) is 7.26. The molecular formula is C15H15F2N5O. The minimum atomic E-state index is -2.62. The molecule has 3 rings (SSSR count). The number of alkyl halides is 2. The number of pyridine rings is 1. The molecule has 0 saturated heterocycles. The van der Waals surface area contributed by atoms with Gasteiger partial charge in [-0.3, -0.25) is 9.48 Å². The van der Waals surface area contributed by atoms with Crippen molar-refractivity contribution in [2.45, 2.75) is 19.4 Å². The number of fused-ring (bicyclic) bond motifs is 1. The lowest BCUT2D eigenvalue weighted by molar-refractivity contribution is -0.116. The smallest absolute Gasteiger partial charge is 0.278 e. The van der Waals surface area contributed by atoms with Gasteiger partial charge in [-0.2, -0.15) is 5.10 Å². The van der Waals surface area contributed by atoms with E-state index >= 15 is 0 Å². The molecule has 23 heavy (non-hydrogen) atoms. The molecule has 0 saturated carbocycles. The summed E-state index contributed by atoms with van der Waals surface area (Å²) in [5.74, 6) is -0.268. The van der Waals surface area contributed by atoms with Crippen molar-refractivity contribution in [1.29, 1.82) is 0 Å². The van der Waals surface area contributed by atoms with E-state index in [0.717, 1.165) is 0 Å². The number of aromatic nitrogens is 4. The molecule has 0 unspecified atom stereocenters. The summed E-state index contributed by atoms with van der Waals surface area (Å²) in [6.07, 6.45) is 2.17. The Morgan fingerprint density at radius 1 is 1.43 bits per heavy atom. The van der Waals surface area contributed by atoms with E-state index in [1.54, 1.807) is 36.3 Å². The van der Waals surface area contributed by atoms with Gasteiger partial charge in [-0.25, -0.2) is 13.8 Å². The highest BCUT2D eigenvalue weighted by atomic mass is 19.3. The molecule has 3 aromatic heterocycles. The summed E-state index contributed by atoms with van der Waals surface area (Å²) in [6.45, 7) is 0.131. The minimum absolute atomic E-state index is 0.0645. The summed E-state index contributed by atoms with van der Waals surface area (Å²) in [7, 11) is 1.74. The van der Waals surface area contributed by atoms with Crippen LogP contribution in [0.15, 0.2) is 36.8 Å². The van der Waals surface area contributed by atoms with Crippen molar-refractivity contribution in [2.24, 2.45) is 7.05 Å². The number of anilines is 1. The number of hydrogen-bond donors (Lipinski definition) is 1. The van der Waals surface area contributed by atoms with E-state index in [4.69, 9.17) is 0 Å². The van der Waals surface area contributed by atoms with E-state index in [1.165, 1.54) is 16.8 Å². The number of aryl methyl sites for hydroxylation is 2. The van der Waals surface area contributed by atoms with Crippen LogP contribution in [0.25, 0.3) is 11.0 Å². The molecule has 0 bridgehead atoms. The first-order valence-electron chi connectivity index (χ1n) is 7.05. The van der Waals surface area contributed by atoms with Gasteiger partial charge in [0.1, 0.15) is 5.65 Å². The fraction of sp³-hybridized carbons (Fsp3) is 0.267. The maximum atomic E-state index is 13.2. The summed E-state index contributed by atoms with van der Waals surface area (Å²) >= 11 is 0. The van der Waals surface area contributed by atoms with Gasteiger partial charge in [0.15, 0.2) is 0 Å². The quantitative estimate of drug-likeness (QED) is 0.786. The summed E-state index contributed by atoms with van der Waals surface area (Å²) in [4.78, 5) is 16.1. The Labute approximate surface area is 130 Å². The predicted octanol–water partition coefficient (Wildman–Crippen LogP) is 2.74. The van der Waals surface area contributed by atoms with Gasteiger partial charge < -0.3 is 9.88 Å². The fourth-order valence-electron chi connectivity index (χ4n) is 2.45. The SMILES string of the molecule is Cn1cc(NC(=O)CCn2c(C(F)F)cc3cccnc32)cn1. The molecule has 0 aliphatic carbocycles. The molecule has 0 aromatic carbocycles. The van der Waals surface area contributed by atoms with Gasteiger partial charge in [0.25, 0.3) is 6.43 Å². The van der Waals surface area contributed by atoms with Gasteiger partial charge in [-0.05, 0) is 18.2 Å². The van der Waals surface area contributed by atoms with E-state index in [-0.39, 0.29) is 24.6 Å². The minimum Gasteiger partial charge on any atom is -0.324 e. The first-order valence-corrected chi connectivity index (χ1v) is 7.05. The van der Waals surface area contributed by atoms with Gasteiger partial charge in [-0.15, -0.1) is 0 Å². The second-order valence-electron chi connectivity index (χ2n) is 5.14. The van der Waals surface area contributed by atoms with Crippen LogP contribution < -0.4 is 5.32 Å². The Hall–Kier alpha value is -2.77. The van der Waals surface area contributed by atoms with E-state index in [9.17, 15) is 13.6 Å². The maximum Gasteiger partial charge on any atom is 0.278 e. The summed E-state index contributed by atoms with van der Waals surface area (Å²) < 4.78 is 29.3. The van der Waals surface area contributed by atoms with Gasteiger partial charge in [0.05, 0.1) is 17.6 Å². The van der Waals surface area contributed by atoms with Crippen LogP contribution in [0.4, 0.5) is 14.5 Å². The zero-order chi connectivity index (χ0) is 16.4. The zero-order valence-electron chi connectivity index (χ0n) is 12.4. The molecule has 1 amide bonds. The number of carbonyl (C=O) groups is 1. The molecule has 0 aliphatic heterocycles. The predicted molar refractivity (Wildman–Crippen MR) is 81.1 cm³/mol. The average molecular weight is 319 g/mol. The third-order valence-electron chi connectivity index (χ3n) is 3.46. The van der Waals surface area contributed by atoms with Crippen molar-refractivity contribution in [2.75, 3.05) is 5.32 Å². The van der Waals surface area contributed by atoms with Crippen molar-refractivity contribution in [3.63, 3.8) is 0 Å². The Morgan fingerprint density at radius 3 is 2.96 bits per heavy atom. The number of halogens is 2. The van der Waals surface area contributed by atoms with Crippen LogP contribution in [0.1, 0.15) is 18.5 Å². The Kier molecular flexibility index (Phi) is 4.05. The highest BCUT2D eigenvalue weighted by molar-refractivity contribution is 5.90. The standard InChI is InChI=1S/C15H15F2N5O/c1-21-9-11(8-19-21)20-13(23)4-6-22-12(14(16)17)7-10-3-2-5-18-15(10)22/h2-3,5,7-9,14H,4,6H2,1H3,(H,20,23). The third-order valence-corrected chi connectivity index (χ3v) is 3.46. The highest BCUT2D eigenvalue weighted by Crippen LogP contribution is 2.26. The molecule has 0 aliphatic rings. The molecule has 0 spiro atoms. The first-order chi connectivity index (χ1) is 11.0. The molecule has 120 valence electrons. The number of carbonyl (C=O) groups excluding carboxylic acids is 1. The van der Waals surface area contributed by atoms with E-state index in [2.05, 4.69) is 15.4 Å². The van der Waals surface area contributed by atoms with Crippen LogP contribution in [-0.2, 0) is 18.4 Å². The van der Waals surface area contributed by atoms with Gasteiger partial charge in [-0.1, -0.05) is 0 Å². The number of rotatable bonds is 5. The second kappa shape index (κ2) is 6.15. The molecule has 6 nitrogen and oxygen atoms in total. The van der Waals surface area contributed by atoms with Crippen molar-refractivity contribution < 1.29 is 13.6 Å². The fourth-order valence-corrected chi connectivity index (χ4v) is 2.45. The molecule has 3 aromatic rings. The third kappa shape index (κ3) is 3.20. The number of amides is 1. The Bertz CT molecular complexity index is 839. The van der Waals surface area contributed by atoms with Crippen LogP contribution in [0.5, 0.6) is 0 Å². The molecule has 1 N–H and O–H groups in total. The van der Waals surface area contributed by atoms with Crippen LogP contribution >= 0.6 is 0 Å². The molecular weight excluding hydrogens is 304 g/mol. The first kappa shape index (κ1) is 15.1. The van der Waals surface area contributed by atoms with Crippen LogP contribution in [0.3, 0.4) is 0 Å². The van der Waals surface area contributed by atoms with Crippen molar-refractivity contribution in [3.8, 4) is 0 Å². The van der Waals surface area contributed by atoms with Crippen LogP contribution in [-0.4, -0.2) is 25.2 Å². The molecule has 8 heteroatoms. The maximum absolute atomic E-state index is 13.2. The highest BCUT2D eigenvalue weighted by Gasteiger charge is 2.18. The van der Waals surface area contributed by atoms with E-state index in [0.29, 0.717) is 16.7 Å². The van der Waals surface area contributed by atoms with E-state index in [1.807, 2.05) is 0 Å². The lowest BCUT2D eigenvalue weighted by Gasteiger charge is -2.09. The number of nitrogens with one attached hydrogen (secondary N) is 1. The summed E-state index contributed by atoms with van der Waals surface area (Å²) in [6, 6.07) is 4.82. The lowest BCUT2D eigenvalue weighted by atomic mass is 10.3. The molecule has 0 radical (unpaired) electrons.